The number of unbranched alkanes of at least 4 members (excludes halogenated alkanes) is 40. The van der Waals surface area contributed by atoms with Gasteiger partial charge < -0.3 is 45.1 Å². The first-order valence-corrected chi connectivity index (χ1v) is 35.0. The van der Waals surface area contributed by atoms with E-state index in [0.717, 1.165) is 64.2 Å². The van der Waals surface area contributed by atoms with Crippen molar-refractivity contribution in [2.75, 3.05) is 19.8 Å². The molecule has 83 heavy (non-hydrogen) atoms. The van der Waals surface area contributed by atoms with Gasteiger partial charge >= 0.3 is 5.97 Å². The molecule has 1 fully saturated rings. The number of amides is 1. The van der Waals surface area contributed by atoms with Crippen LogP contribution in [0.1, 0.15) is 322 Å². The van der Waals surface area contributed by atoms with Crippen LogP contribution in [0.15, 0.2) is 60.8 Å². The number of nitrogens with one attached hydrogen (secondary N) is 1. The average molecular weight is 1170 g/mol. The second-order valence-corrected chi connectivity index (χ2v) is 24.2. The van der Waals surface area contributed by atoms with Crippen molar-refractivity contribution in [3.05, 3.63) is 60.8 Å². The Morgan fingerprint density at radius 2 is 0.831 bits per heavy atom. The molecular formula is C72H131NO10. The van der Waals surface area contributed by atoms with E-state index in [0.29, 0.717) is 19.4 Å². The maximum Gasteiger partial charge on any atom is 0.305 e. The van der Waals surface area contributed by atoms with Gasteiger partial charge in [-0.05, 0) is 103 Å². The summed E-state index contributed by atoms with van der Waals surface area (Å²) < 4.78 is 16.7. The van der Waals surface area contributed by atoms with Crippen LogP contribution in [0.25, 0.3) is 0 Å². The maximum absolute atomic E-state index is 13.0. The molecule has 1 amide bonds. The van der Waals surface area contributed by atoms with E-state index < -0.39 is 49.5 Å². The molecule has 484 valence electrons. The third-order valence-electron chi connectivity index (χ3n) is 16.4. The molecule has 7 atom stereocenters. The fourth-order valence-electron chi connectivity index (χ4n) is 10.9. The predicted molar refractivity (Wildman–Crippen MR) is 347 cm³/mol. The van der Waals surface area contributed by atoms with Gasteiger partial charge in [0.1, 0.15) is 24.4 Å². The second-order valence-electron chi connectivity index (χ2n) is 24.2. The smallest absolute Gasteiger partial charge is 0.305 e. The molecule has 0 radical (unpaired) electrons. The summed E-state index contributed by atoms with van der Waals surface area (Å²) in [5.74, 6) is -0.196. The standard InChI is InChI=1S/C72H131NO10/c1-3-5-7-9-11-13-14-15-16-17-31-34-37-40-44-48-52-56-60-68(77)81-61-57-53-49-45-41-38-35-32-29-27-25-23-21-19-18-20-22-24-26-28-30-33-36-39-43-47-51-55-59-67(76)73-64(65(75)58-54-50-46-42-12-10-8-6-4-2)63-82-72-71(80)70(79)69(78)66(62-74)83-72/h4,6,12,16-19,42,54,58,64-66,69-72,74-75,78-80H,3,5,7-11,13-15,20-41,43-53,55-57,59-63H2,1-2H3,(H,73,76)/b6-4+,17-16-,19-18-,42-12+,58-54+. The maximum atomic E-state index is 13.0. The molecule has 1 aliphatic heterocycles. The Balaban J connectivity index is 1.92. The first-order chi connectivity index (χ1) is 40.7. The van der Waals surface area contributed by atoms with Gasteiger partial charge in [-0.3, -0.25) is 9.59 Å². The molecule has 1 saturated heterocycles. The number of aliphatic hydroxyl groups is 5. The normalized spacial score (nSPS) is 18.5. The summed E-state index contributed by atoms with van der Waals surface area (Å²) in [6.45, 7) is 4.10. The summed E-state index contributed by atoms with van der Waals surface area (Å²) in [5.41, 5.74) is 0. The van der Waals surface area contributed by atoms with E-state index in [9.17, 15) is 35.1 Å². The molecule has 1 heterocycles. The number of ether oxygens (including phenoxy) is 3. The summed E-state index contributed by atoms with van der Waals surface area (Å²) in [5, 5.41) is 54.2. The molecule has 0 aromatic carbocycles. The van der Waals surface area contributed by atoms with Crippen molar-refractivity contribution in [3.8, 4) is 0 Å². The van der Waals surface area contributed by atoms with Gasteiger partial charge in [0.25, 0.3) is 0 Å². The van der Waals surface area contributed by atoms with E-state index in [4.69, 9.17) is 14.2 Å². The third-order valence-corrected chi connectivity index (χ3v) is 16.4. The van der Waals surface area contributed by atoms with Crippen LogP contribution in [-0.4, -0.2) is 100 Å². The van der Waals surface area contributed by atoms with Crippen molar-refractivity contribution < 1.29 is 49.3 Å². The molecular weight excluding hydrogens is 1040 g/mol. The largest absolute Gasteiger partial charge is 0.466 e. The van der Waals surface area contributed by atoms with Gasteiger partial charge in [0.15, 0.2) is 6.29 Å². The molecule has 6 N–H and O–H groups in total. The van der Waals surface area contributed by atoms with Gasteiger partial charge in [-0.2, -0.15) is 0 Å². The van der Waals surface area contributed by atoms with Crippen LogP contribution in [0.5, 0.6) is 0 Å². The van der Waals surface area contributed by atoms with Gasteiger partial charge in [0, 0.05) is 12.8 Å². The van der Waals surface area contributed by atoms with E-state index in [-0.39, 0.29) is 18.5 Å². The Labute approximate surface area is 509 Å². The van der Waals surface area contributed by atoms with Crippen molar-refractivity contribution >= 4 is 11.9 Å². The number of carbonyl (C=O) groups is 2. The van der Waals surface area contributed by atoms with Crippen LogP contribution in [0.3, 0.4) is 0 Å². The summed E-state index contributed by atoms with van der Waals surface area (Å²) >= 11 is 0. The monoisotopic (exact) mass is 1170 g/mol. The van der Waals surface area contributed by atoms with E-state index in [2.05, 4.69) is 54.8 Å². The SMILES string of the molecule is C/C=C/CC/C=C/CC/C=C/C(O)C(COC1OC(CO)C(O)C(O)C1O)NC(=O)CCCCCCCCCCCCCC/C=C\CCCCCCCCCCCCCCOC(=O)CCCCCCCCC/C=C\CCCCCCCCC. The highest BCUT2D eigenvalue weighted by Crippen LogP contribution is 2.23. The van der Waals surface area contributed by atoms with Gasteiger partial charge in [-0.1, -0.05) is 267 Å². The van der Waals surface area contributed by atoms with Crippen LogP contribution in [0.4, 0.5) is 0 Å². The zero-order valence-electron chi connectivity index (χ0n) is 53.7. The number of hydrogen-bond acceptors (Lipinski definition) is 10. The highest BCUT2D eigenvalue weighted by Gasteiger charge is 2.44. The lowest BCUT2D eigenvalue weighted by atomic mass is 9.99. The minimum Gasteiger partial charge on any atom is -0.466 e. The Morgan fingerprint density at radius 1 is 0.458 bits per heavy atom. The van der Waals surface area contributed by atoms with Crippen LogP contribution < -0.4 is 5.32 Å². The predicted octanol–water partition coefficient (Wildman–Crippen LogP) is 17.7. The van der Waals surface area contributed by atoms with E-state index >= 15 is 0 Å². The minimum atomic E-state index is -1.58. The molecule has 0 saturated carbocycles. The molecule has 0 aromatic rings. The summed E-state index contributed by atoms with van der Waals surface area (Å²) in [7, 11) is 0. The molecule has 11 heteroatoms. The van der Waals surface area contributed by atoms with Crippen LogP contribution in [0, 0.1) is 0 Å². The Kier molecular flexibility index (Phi) is 57.6. The molecule has 0 spiro atoms. The van der Waals surface area contributed by atoms with Crippen molar-refractivity contribution in [2.24, 2.45) is 0 Å². The minimum absolute atomic E-state index is 0.00306. The molecule has 7 unspecified atom stereocenters. The first-order valence-electron chi connectivity index (χ1n) is 35.0. The Morgan fingerprint density at radius 3 is 1.27 bits per heavy atom. The quantitative estimate of drug-likeness (QED) is 0.0195. The highest BCUT2D eigenvalue weighted by molar-refractivity contribution is 5.76. The molecule has 1 rings (SSSR count). The number of aliphatic hydroxyl groups excluding tert-OH is 5. The molecule has 0 aromatic heterocycles. The van der Waals surface area contributed by atoms with Crippen molar-refractivity contribution in [1.82, 2.24) is 5.32 Å². The summed E-state index contributed by atoms with van der Waals surface area (Å²) in [4.78, 5) is 25.1. The lowest BCUT2D eigenvalue weighted by molar-refractivity contribution is -0.302. The zero-order chi connectivity index (χ0) is 60.2. The topological polar surface area (TPSA) is 175 Å². The molecule has 0 aliphatic carbocycles. The molecule has 0 bridgehead atoms. The van der Waals surface area contributed by atoms with Gasteiger partial charge in [0.05, 0.1) is 32.0 Å². The molecule has 11 nitrogen and oxygen atoms in total. The molecule has 1 aliphatic rings. The fourth-order valence-corrected chi connectivity index (χ4v) is 10.9. The number of carbonyl (C=O) groups excluding carboxylic acids is 2. The van der Waals surface area contributed by atoms with Crippen molar-refractivity contribution in [1.29, 1.82) is 0 Å². The number of esters is 1. The first kappa shape index (κ1) is 78.4. The highest BCUT2D eigenvalue weighted by atomic mass is 16.7. The number of allylic oxidation sites excluding steroid dienone is 9. The Bertz CT molecular complexity index is 1560. The Hall–Kier alpha value is -2.64. The van der Waals surface area contributed by atoms with Gasteiger partial charge in [0.2, 0.25) is 5.91 Å². The van der Waals surface area contributed by atoms with Crippen molar-refractivity contribution in [3.63, 3.8) is 0 Å². The third kappa shape index (κ3) is 50.1. The summed E-state index contributed by atoms with van der Waals surface area (Å²) in [6, 6.07) is -0.834. The number of rotatable bonds is 61. The van der Waals surface area contributed by atoms with E-state index in [1.807, 2.05) is 19.1 Å². The van der Waals surface area contributed by atoms with Crippen LogP contribution in [0.2, 0.25) is 0 Å². The fraction of sp³-hybridized carbons (Fsp3) is 0.833. The van der Waals surface area contributed by atoms with Crippen LogP contribution >= 0.6 is 0 Å². The summed E-state index contributed by atoms with van der Waals surface area (Å²) in [6.07, 6.45) is 71.1. The number of hydrogen-bond donors (Lipinski definition) is 6. The van der Waals surface area contributed by atoms with Crippen molar-refractivity contribution in [2.45, 2.75) is 365 Å². The van der Waals surface area contributed by atoms with Crippen LogP contribution in [-0.2, 0) is 23.8 Å². The second kappa shape index (κ2) is 61.0. The average Bonchev–Trinajstić information content (AvgIpc) is 3.57. The van der Waals surface area contributed by atoms with Gasteiger partial charge in [-0.25, -0.2) is 0 Å². The van der Waals surface area contributed by atoms with Gasteiger partial charge in [-0.15, -0.1) is 0 Å². The van der Waals surface area contributed by atoms with E-state index in [1.165, 1.54) is 231 Å². The zero-order valence-corrected chi connectivity index (χ0v) is 53.7. The lowest BCUT2D eigenvalue weighted by Gasteiger charge is -2.40. The van der Waals surface area contributed by atoms with E-state index in [1.54, 1.807) is 6.08 Å². The lowest BCUT2D eigenvalue weighted by Crippen LogP contribution is -2.60.